The number of rotatable bonds is 2. The minimum Gasteiger partial charge on any atom is -0.378 e. The number of nitrogens with one attached hydrogen (secondary N) is 1. The minimum atomic E-state index is -0.174. The summed E-state index contributed by atoms with van der Waals surface area (Å²) < 4.78 is 5.29. The van der Waals surface area contributed by atoms with Gasteiger partial charge in [0.2, 0.25) is 0 Å². The number of carbonyl (C=O) groups is 2. The number of hydrogen-bond acceptors (Lipinski definition) is 4. The molecule has 2 bridgehead atoms. The van der Waals surface area contributed by atoms with Crippen LogP contribution in [0.25, 0.3) is 0 Å². The molecule has 0 aromatic carbocycles. The Kier molecular flexibility index (Phi) is 2.65. The molecule has 0 amide bonds. The molecule has 2 aliphatic rings. The Morgan fingerprint density at radius 3 is 3.07 bits per heavy atom. The second-order valence-electron chi connectivity index (χ2n) is 4.19. The van der Waals surface area contributed by atoms with E-state index in [-0.39, 0.29) is 29.6 Å². The van der Waals surface area contributed by atoms with Gasteiger partial charge in [-0.1, -0.05) is 0 Å². The van der Waals surface area contributed by atoms with E-state index in [2.05, 4.69) is 5.32 Å². The lowest BCUT2D eigenvalue weighted by molar-refractivity contribution is -0.136. The number of ether oxygens (including phenoxy) is 1. The highest BCUT2D eigenvalue weighted by molar-refractivity contribution is 5.91. The number of hydrogen-bond donors (Lipinski definition) is 1. The molecule has 2 saturated heterocycles. The first-order valence-electron chi connectivity index (χ1n) is 5.04. The van der Waals surface area contributed by atoms with E-state index in [0.29, 0.717) is 19.6 Å². The summed E-state index contributed by atoms with van der Waals surface area (Å²) in [5, 5.41) is 3.22. The summed E-state index contributed by atoms with van der Waals surface area (Å²) in [4.78, 5) is 22.8. The molecule has 0 saturated carbocycles. The van der Waals surface area contributed by atoms with Gasteiger partial charge in [-0.3, -0.25) is 4.79 Å². The fourth-order valence-electron chi connectivity index (χ4n) is 2.28. The highest BCUT2D eigenvalue weighted by Gasteiger charge is 2.38. The molecule has 0 aromatic heterocycles. The second-order valence-corrected chi connectivity index (χ2v) is 4.19. The average Bonchev–Trinajstić information content (AvgIpc) is 2.14. The van der Waals surface area contributed by atoms with E-state index in [0.717, 1.165) is 6.42 Å². The van der Waals surface area contributed by atoms with Gasteiger partial charge in [-0.25, -0.2) is 0 Å². The summed E-state index contributed by atoms with van der Waals surface area (Å²) >= 11 is 0. The first-order chi connectivity index (χ1) is 6.66. The lowest BCUT2D eigenvalue weighted by Crippen LogP contribution is -2.59. The molecule has 14 heavy (non-hydrogen) atoms. The Balaban J connectivity index is 2.04. The van der Waals surface area contributed by atoms with Gasteiger partial charge in [-0.15, -0.1) is 0 Å². The molecule has 1 N–H and O–H groups in total. The summed E-state index contributed by atoms with van der Waals surface area (Å²) in [6, 6.07) is 0.0858. The highest BCUT2D eigenvalue weighted by Crippen LogP contribution is 2.23. The van der Waals surface area contributed by atoms with Gasteiger partial charge in [0.1, 0.15) is 5.78 Å². The van der Waals surface area contributed by atoms with Gasteiger partial charge >= 0.3 is 0 Å². The van der Waals surface area contributed by atoms with Crippen LogP contribution in [0, 0.1) is 5.92 Å². The molecule has 3 unspecified atom stereocenters. The van der Waals surface area contributed by atoms with Crippen molar-refractivity contribution in [2.24, 2.45) is 5.92 Å². The zero-order chi connectivity index (χ0) is 10.1. The lowest BCUT2D eigenvalue weighted by Gasteiger charge is -2.38. The van der Waals surface area contributed by atoms with Crippen molar-refractivity contribution in [2.75, 3.05) is 13.2 Å². The molecule has 0 spiro atoms. The molecular formula is C10H15NO3. The van der Waals surface area contributed by atoms with Gasteiger partial charge in [-0.05, 0) is 13.3 Å². The summed E-state index contributed by atoms with van der Waals surface area (Å²) in [5.41, 5.74) is 0. The van der Waals surface area contributed by atoms with Crippen molar-refractivity contribution in [3.63, 3.8) is 0 Å². The van der Waals surface area contributed by atoms with Crippen molar-refractivity contribution in [3.8, 4) is 0 Å². The molecule has 2 aliphatic heterocycles. The van der Waals surface area contributed by atoms with Gasteiger partial charge in [0.15, 0.2) is 5.78 Å². The van der Waals surface area contributed by atoms with Crippen LogP contribution in [-0.2, 0) is 14.3 Å². The van der Waals surface area contributed by atoms with Crippen molar-refractivity contribution in [1.82, 2.24) is 5.32 Å². The molecule has 4 heteroatoms. The zero-order valence-corrected chi connectivity index (χ0v) is 8.29. The van der Waals surface area contributed by atoms with E-state index in [1.165, 1.54) is 0 Å². The molecular weight excluding hydrogens is 182 g/mol. The molecule has 3 atom stereocenters. The monoisotopic (exact) mass is 197 g/mol. The van der Waals surface area contributed by atoms with Gasteiger partial charge in [0, 0.05) is 18.4 Å². The predicted molar refractivity (Wildman–Crippen MR) is 49.9 cm³/mol. The number of ketones is 2. The zero-order valence-electron chi connectivity index (χ0n) is 8.29. The fourth-order valence-corrected chi connectivity index (χ4v) is 2.28. The number of Topliss-reactive ketones (excluding diaryl/α,β-unsaturated/α-hetero) is 2. The van der Waals surface area contributed by atoms with Crippen LogP contribution in [-0.4, -0.2) is 36.9 Å². The van der Waals surface area contributed by atoms with Gasteiger partial charge in [0.05, 0.1) is 19.3 Å². The number of morpholine rings is 1. The van der Waals surface area contributed by atoms with Crippen LogP contribution in [0.3, 0.4) is 0 Å². The summed E-state index contributed by atoms with van der Waals surface area (Å²) in [6.07, 6.45) is 1.14. The first kappa shape index (κ1) is 9.80. The van der Waals surface area contributed by atoms with Crippen LogP contribution in [0.15, 0.2) is 0 Å². The van der Waals surface area contributed by atoms with Crippen LogP contribution in [0.1, 0.15) is 19.8 Å². The third kappa shape index (κ3) is 1.86. The predicted octanol–water partition coefficient (Wildman–Crippen LogP) is -0.0885. The van der Waals surface area contributed by atoms with E-state index in [9.17, 15) is 9.59 Å². The van der Waals surface area contributed by atoms with Crippen molar-refractivity contribution in [2.45, 2.75) is 31.8 Å². The van der Waals surface area contributed by atoms with E-state index in [1.54, 1.807) is 6.92 Å². The quantitative estimate of drug-likeness (QED) is 0.672. The van der Waals surface area contributed by atoms with Gasteiger partial charge in [0.25, 0.3) is 0 Å². The van der Waals surface area contributed by atoms with E-state index >= 15 is 0 Å². The molecule has 2 rings (SSSR count). The normalized spacial score (nSPS) is 36.9. The SMILES string of the molecule is CC(=O)CC1CC2COCC(N2)C1=O. The molecule has 4 nitrogen and oxygen atoms in total. The van der Waals surface area contributed by atoms with E-state index in [1.807, 2.05) is 0 Å². The Bertz CT molecular complexity index is 264. The van der Waals surface area contributed by atoms with Crippen LogP contribution in [0.4, 0.5) is 0 Å². The maximum absolute atomic E-state index is 11.8. The van der Waals surface area contributed by atoms with Crippen LogP contribution < -0.4 is 5.32 Å². The summed E-state index contributed by atoms with van der Waals surface area (Å²) in [7, 11) is 0. The third-order valence-corrected chi connectivity index (χ3v) is 2.89. The maximum Gasteiger partial charge on any atom is 0.155 e. The van der Waals surface area contributed by atoms with Crippen molar-refractivity contribution in [3.05, 3.63) is 0 Å². The molecule has 0 aromatic rings. The van der Waals surface area contributed by atoms with Crippen LogP contribution in [0.2, 0.25) is 0 Å². The fraction of sp³-hybridized carbons (Fsp3) is 0.800. The minimum absolute atomic E-state index is 0.0763. The van der Waals surface area contributed by atoms with Crippen molar-refractivity contribution in [1.29, 1.82) is 0 Å². The van der Waals surface area contributed by atoms with Crippen molar-refractivity contribution >= 4 is 11.6 Å². The number of fused-ring (bicyclic) bond motifs is 2. The molecule has 0 aliphatic carbocycles. The summed E-state index contributed by atoms with van der Waals surface area (Å²) in [6.45, 7) is 2.67. The van der Waals surface area contributed by atoms with Crippen LogP contribution in [0.5, 0.6) is 0 Å². The molecule has 2 heterocycles. The molecule has 78 valence electrons. The molecule has 2 fully saturated rings. The van der Waals surface area contributed by atoms with Gasteiger partial charge < -0.3 is 14.8 Å². The van der Waals surface area contributed by atoms with Crippen LogP contribution >= 0.6 is 0 Å². The maximum atomic E-state index is 11.8. The largest absolute Gasteiger partial charge is 0.378 e. The Hall–Kier alpha value is -0.740. The summed E-state index contributed by atoms with van der Waals surface area (Å²) in [5.74, 6) is 0.174. The highest BCUT2D eigenvalue weighted by atomic mass is 16.5. The number of carbonyl (C=O) groups excluding carboxylic acids is 2. The Labute approximate surface area is 83.0 Å². The second kappa shape index (κ2) is 3.79. The average molecular weight is 197 g/mol. The van der Waals surface area contributed by atoms with E-state index < -0.39 is 0 Å². The topological polar surface area (TPSA) is 55.4 Å². The smallest absolute Gasteiger partial charge is 0.155 e. The molecule has 0 radical (unpaired) electrons. The first-order valence-corrected chi connectivity index (χ1v) is 5.04. The third-order valence-electron chi connectivity index (χ3n) is 2.89. The number of piperidine rings is 1. The lowest BCUT2D eigenvalue weighted by atomic mass is 9.83. The Morgan fingerprint density at radius 1 is 1.57 bits per heavy atom. The van der Waals surface area contributed by atoms with Gasteiger partial charge in [-0.2, -0.15) is 0 Å². The van der Waals surface area contributed by atoms with E-state index in [4.69, 9.17) is 4.74 Å². The Morgan fingerprint density at radius 2 is 2.36 bits per heavy atom. The standard InChI is InChI=1S/C10H15NO3/c1-6(12)2-7-3-8-4-14-5-9(11-8)10(7)13/h7-9,11H,2-5H2,1H3. The van der Waals surface area contributed by atoms with Crippen molar-refractivity contribution < 1.29 is 14.3 Å².